The molecule has 1 N–H and O–H groups in total. The molecule has 1 saturated heterocycles. The molecular weight excluding hydrogens is 438 g/mol. The van der Waals surface area contributed by atoms with Gasteiger partial charge in [-0.15, -0.1) is 0 Å². The second-order valence-corrected chi connectivity index (χ2v) is 7.13. The average molecular weight is 467 g/mol. The third kappa shape index (κ3) is 7.36. The number of esters is 3. The summed E-state index contributed by atoms with van der Waals surface area (Å²) in [6.07, 6.45) is 1.10. The van der Waals surface area contributed by atoms with E-state index in [9.17, 15) is 14.4 Å². The van der Waals surface area contributed by atoms with Crippen molar-refractivity contribution in [3.63, 3.8) is 0 Å². The third-order valence-corrected chi connectivity index (χ3v) is 4.16. The third-order valence-electron chi connectivity index (χ3n) is 4.16. The van der Waals surface area contributed by atoms with Crippen molar-refractivity contribution < 1.29 is 47.5 Å². The molecule has 2 rings (SSSR count). The molecular formula is C22H29NO10. The molecule has 0 radical (unpaired) electrons. The van der Waals surface area contributed by atoms with Crippen LogP contribution in [-0.2, 0) is 33.3 Å². The summed E-state index contributed by atoms with van der Waals surface area (Å²) >= 11 is 0. The SMILES string of the molecule is CCOC(=O)c1cc(OCCOC)c(OCCOC)cc1NC=C1C(=O)OC(C)(C)OC1=O. The van der Waals surface area contributed by atoms with Crippen LogP contribution in [0.5, 0.6) is 11.5 Å². The van der Waals surface area contributed by atoms with Gasteiger partial charge in [0.1, 0.15) is 13.2 Å². The molecule has 1 fully saturated rings. The van der Waals surface area contributed by atoms with Gasteiger partial charge in [-0.1, -0.05) is 0 Å². The number of methoxy groups -OCH3 is 2. The Morgan fingerprint density at radius 3 is 2.03 bits per heavy atom. The van der Waals surface area contributed by atoms with Gasteiger partial charge >= 0.3 is 17.9 Å². The summed E-state index contributed by atoms with van der Waals surface area (Å²) < 4.78 is 36.7. The minimum Gasteiger partial charge on any atom is -0.487 e. The maximum absolute atomic E-state index is 12.6. The van der Waals surface area contributed by atoms with E-state index >= 15 is 0 Å². The van der Waals surface area contributed by atoms with Gasteiger partial charge in [-0.05, 0) is 6.92 Å². The zero-order valence-electron chi connectivity index (χ0n) is 19.4. The molecule has 182 valence electrons. The standard InChI is InChI=1S/C22H29NO10/c1-6-29-19(24)14-11-17(30-9-7-27-4)18(31-10-8-28-5)12-16(14)23-13-15-20(25)32-22(2,3)33-21(15)26/h11-13,23H,6-10H2,1-5H3. The van der Waals surface area contributed by atoms with Crippen molar-refractivity contribution >= 4 is 23.6 Å². The molecule has 0 bridgehead atoms. The Labute approximate surface area is 191 Å². The summed E-state index contributed by atoms with van der Waals surface area (Å²) in [5.41, 5.74) is -0.0672. The minimum absolute atomic E-state index is 0.0954. The first-order chi connectivity index (χ1) is 15.7. The number of anilines is 1. The highest BCUT2D eigenvalue weighted by Gasteiger charge is 2.39. The van der Waals surface area contributed by atoms with Gasteiger partial charge in [0, 0.05) is 46.4 Å². The summed E-state index contributed by atoms with van der Waals surface area (Å²) in [6.45, 7) is 5.75. The zero-order chi connectivity index (χ0) is 24.4. The van der Waals surface area contributed by atoms with E-state index in [0.717, 1.165) is 6.20 Å². The summed E-state index contributed by atoms with van der Waals surface area (Å²) in [6, 6.07) is 2.93. The Balaban J connectivity index is 2.42. The fourth-order valence-corrected chi connectivity index (χ4v) is 2.68. The average Bonchev–Trinajstić information content (AvgIpc) is 2.73. The molecule has 0 unspecified atom stereocenters. The molecule has 33 heavy (non-hydrogen) atoms. The Morgan fingerprint density at radius 1 is 0.970 bits per heavy atom. The maximum atomic E-state index is 12.6. The van der Waals surface area contributed by atoms with Crippen LogP contribution in [0.1, 0.15) is 31.1 Å². The molecule has 1 aliphatic heterocycles. The van der Waals surface area contributed by atoms with E-state index in [2.05, 4.69) is 5.32 Å². The van der Waals surface area contributed by atoms with Gasteiger partial charge in [0.2, 0.25) is 0 Å². The van der Waals surface area contributed by atoms with E-state index in [-0.39, 0.29) is 42.4 Å². The van der Waals surface area contributed by atoms with Gasteiger partial charge in [0.15, 0.2) is 17.1 Å². The van der Waals surface area contributed by atoms with Crippen molar-refractivity contribution in [1.82, 2.24) is 0 Å². The Kier molecular flexibility index (Phi) is 9.49. The lowest BCUT2D eigenvalue weighted by Crippen LogP contribution is -2.42. The topological polar surface area (TPSA) is 128 Å². The van der Waals surface area contributed by atoms with Gasteiger partial charge in [0.05, 0.1) is 31.1 Å². The molecule has 11 heteroatoms. The quantitative estimate of drug-likeness (QED) is 0.210. The smallest absolute Gasteiger partial charge is 0.350 e. The predicted octanol–water partition coefficient (Wildman–Crippen LogP) is 2.05. The van der Waals surface area contributed by atoms with Crippen molar-refractivity contribution in [2.75, 3.05) is 52.6 Å². The van der Waals surface area contributed by atoms with Crippen LogP contribution in [0.3, 0.4) is 0 Å². The number of rotatable bonds is 12. The van der Waals surface area contributed by atoms with Gasteiger partial charge in [-0.25, -0.2) is 14.4 Å². The van der Waals surface area contributed by atoms with Crippen molar-refractivity contribution in [3.8, 4) is 11.5 Å². The van der Waals surface area contributed by atoms with E-state index in [1.165, 1.54) is 40.2 Å². The number of cyclic esters (lactones) is 2. The number of carbonyl (C=O) groups is 3. The molecule has 1 aromatic rings. The van der Waals surface area contributed by atoms with E-state index in [1.807, 2.05) is 0 Å². The molecule has 0 aromatic heterocycles. The fraction of sp³-hybridized carbons (Fsp3) is 0.500. The van der Waals surface area contributed by atoms with Crippen LogP contribution >= 0.6 is 0 Å². The first-order valence-electron chi connectivity index (χ1n) is 10.2. The van der Waals surface area contributed by atoms with Crippen molar-refractivity contribution in [2.24, 2.45) is 0 Å². The molecule has 0 amide bonds. The monoisotopic (exact) mass is 467 g/mol. The van der Waals surface area contributed by atoms with Gasteiger partial charge in [-0.3, -0.25) is 0 Å². The minimum atomic E-state index is -1.37. The Bertz CT molecular complexity index is 871. The second kappa shape index (κ2) is 12.1. The van der Waals surface area contributed by atoms with Crippen LogP contribution in [0.4, 0.5) is 5.69 Å². The van der Waals surface area contributed by atoms with E-state index in [0.29, 0.717) is 19.0 Å². The lowest BCUT2D eigenvalue weighted by molar-refractivity contribution is -0.222. The molecule has 0 aliphatic carbocycles. The number of hydrogen-bond donors (Lipinski definition) is 1. The Morgan fingerprint density at radius 2 is 1.52 bits per heavy atom. The van der Waals surface area contributed by atoms with E-state index < -0.39 is 23.7 Å². The lowest BCUT2D eigenvalue weighted by Gasteiger charge is -2.29. The molecule has 0 saturated carbocycles. The van der Waals surface area contributed by atoms with Crippen LogP contribution < -0.4 is 14.8 Å². The van der Waals surface area contributed by atoms with Crippen LogP contribution in [-0.4, -0.2) is 70.9 Å². The summed E-state index contributed by atoms with van der Waals surface area (Å²) in [5, 5.41) is 2.78. The van der Waals surface area contributed by atoms with Gasteiger partial charge < -0.3 is 38.5 Å². The van der Waals surface area contributed by atoms with Crippen LogP contribution in [0.25, 0.3) is 0 Å². The second-order valence-electron chi connectivity index (χ2n) is 7.13. The lowest BCUT2D eigenvalue weighted by atomic mass is 10.1. The molecule has 1 aromatic carbocycles. The number of ether oxygens (including phenoxy) is 7. The van der Waals surface area contributed by atoms with E-state index in [4.69, 9.17) is 33.2 Å². The van der Waals surface area contributed by atoms with E-state index in [1.54, 1.807) is 6.92 Å². The van der Waals surface area contributed by atoms with Gasteiger partial charge in [0.25, 0.3) is 5.79 Å². The molecule has 11 nitrogen and oxygen atoms in total. The van der Waals surface area contributed by atoms with Crippen LogP contribution in [0.15, 0.2) is 23.9 Å². The summed E-state index contributed by atoms with van der Waals surface area (Å²) in [5.74, 6) is -3.16. The molecule has 1 heterocycles. The molecule has 0 atom stereocenters. The predicted molar refractivity (Wildman–Crippen MR) is 115 cm³/mol. The largest absolute Gasteiger partial charge is 0.487 e. The highest BCUT2D eigenvalue weighted by molar-refractivity contribution is 6.15. The van der Waals surface area contributed by atoms with Crippen molar-refractivity contribution in [1.29, 1.82) is 0 Å². The zero-order valence-corrected chi connectivity index (χ0v) is 19.4. The normalized spacial score (nSPS) is 14.8. The van der Waals surface area contributed by atoms with Crippen LogP contribution in [0.2, 0.25) is 0 Å². The highest BCUT2D eigenvalue weighted by atomic mass is 16.7. The van der Waals surface area contributed by atoms with Crippen molar-refractivity contribution in [3.05, 3.63) is 29.5 Å². The first kappa shape index (κ1) is 25.9. The highest BCUT2D eigenvalue weighted by Crippen LogP contribution is 2.35. The number of nitrogens with one attached hydrogen (secondary N) is 1. The summed E-state index contributed by atoms with van der Waals surface area (Å²) in [4.78, 5) is 37.0. The number of benzene rings is 1. The Hall–Kier alpha value is -3.31. The molecule has 0 spiro atoms. The number of hydrogen-bond acceptors (Lipinski definition) is 11. The first-order valence-corrected chi connectivity index (χ1v) is 10.2. The maximum Gasteiger partial charge on any atom is 0.350 e. The number of carbonyl (C=O) groups excluding carboxylic acids is 3. The van der Waals surface area contributed by atoms with Gasteiger partial charge in [-0.2, -0.15) is 0 Å². The van der Waals surface area contributed by atoms with Crippen molar-refractivity contribution in [2.45, 2.75) is 26.6 Å². The molecule has 1 aliphatic rings. The summed E-state index contributed by atoms with van der Waals surface area (Å²) in [7, 11) is 3.07. The van der Waals surface area contributed by atoms with Crippen LogP contribution in [0, 0.1) is 0 Å². The fourth-order valence-electron chi connectivity index (χ4n) is 2.68.